The molecule has 1 saturated carbocycles. The first-order valence-corrected chi connectivity index (χ1v) is 7.86. The molecule has 0 unspecified atom stereocenters. The van der Waals surface area contributed by atoms with Gasteiger partial charge in [-0.3, -0.25) is 4.79 Å². The standard InChI is InChI=1S/C18H26O3/c1-5-15-12(3)17(18(19)20)11(2)10-16(15)13-6-8-14(21-4)9-7-13/h6-9,11-12,15-17H,5,10H2,1-4H3,(H,19,20)/t11-,12-,15-,16-,17+/m0/s1. The third-order valence-corrected chi connectivity index (χ3v) is 5.30. The number of benzene rings is 1. The monoisotopic (exact) mass is 290 g/mol. The Morgan fingerprint density at radius 3 is 2.38 bits per heavy atom. The molecule has 1 N–H and O–H groups in total. The molecule has 3 nitrogen and oxygen atoms in total. The first kappa shape index (κ1) is 15.9. The van der Waals surface area contributed by atoms with Gasteiger partial charge in [-0.2, -0.15) is 0 Å². The zero-order valence-electron chi connectivity index (χ0n) is 13.4. The lowest BCUT2D eigenvalue weighted by atomic mass is 9.60. The molecular formula is C18H26O3. The van der Waals surface area contributed by atoms with Gasteiger partial charge in [0.05, 0.1) is 13.0 Å². The molecule has 0 heterocycles. The van der Waals surface area contributed by atoms with Crippen LogP contribution in [0, 0.1) is 23.7 Å². The van der Waals surface area contributed by atoms with E-state index in [1.165, 1.54) is 5.56 Å². The highest BCUT2D eigenvalue weighted by molar-refractivity contribution is 5.71. The van der Waals surface area contributed by atoms with E-state index in [9.17, 15) is 9.90 Å². The van der Waals surface area contributed by atoms with Crippen molar-refractivity contribution in [2.45, 2.75) is 39.5 Å². The van der Waals surface area contributed by atoms with Gasteiger partial charge in [-0.15, -0.1) is 0 Å². The zero-order valence-corrected chi connectivity index (χ0v) is 13.4. The summed E-state index contributed by atoms with van der Waals surface area (Å²) < 4.78 is 5.22. The zero-order chi connectivity index (χ0) is 15.6. The Labute approximate surface area is 127 Å². The van der Waals surface area contributed by atoms with E-state index in [0.29, 0.717) is 11.8 Å². The summed E-state index contributed by atoms with van der Waals surface area (Å²) in [7, 11) is 1.67. The predicted octanol–water partition coefficient (Wildman–Crippen LogP) is 4.18. The van der Waals surface area contributed by atoms with E-state index < -0.39 is 5.97 Å². The van der Waals surface area contributed by atoms with Crippen LogP contribution in [0.5, 0.6) is 5.75 Å². The van der Waals surface area contributed by atoms with Crippen LogP contribution in [0.15, 0.2) is 24.3 Å². The van der Waals surface area contributed by atoms with Gasteiger partial charge in [0.2, 0.25) is 0 Å². The van der Waals surface area contributed by atoms with Gasteiger partial charge in [-0.05, 0) is 47.8 Å². The Hall–Kier alpha value is -1.51. The summed E-state index contributed by atoms with van der Waals surface area (Å²) in [5, 5.41) is 9.50. The van der Waals surface area contributed by atoms with Crippen LogP contribution in [0.3, 0.4) is 0 Å². The van der Waals surface area contributed by atoms with Gasteiger partial charge in [-0.1, -0.05) is 39.3 Å². The van der Waals surface area contributed by atoms with Crippen LogP contribution < -0.4 is 4.74 Å². The van der Waals surface area contributed by atoms with Gasteiger partial charge < -0.3 is 9.84 Å². The van der Waals surface area contributed by atoms with Gasteiger partial charge in [-0.25, -0.2) is 0 Å². The van der Waals surface area contributed by atoms with Crippen molar-refractivity contribution in [1.29, 1.82) is 0 Å². The Morgan fingerprint density at radius 2 is 1.90 bits per heavy atom. The van der Waals surface area contributed by atoms with E-state index in [2.05, 4.69) is 32.9 Å². The molecule has 1 aliphatic carbocycles. The maximum absolute atomic E-state index is 11.5. The van der Waals surface area contributed by atoms with Crippen molar-refractivity contribution in [1.82, 2.24) is 0 Å². The van der Waals surface area contributed by atoms with Crippen molar-refractivity contribution in [3.05, 3.63) is 29.8 Å². The van der Waals surface area contributed by atoms with Crippen molar-refractivity contribution < 1.29 is 14.6 Å². The van der Waals surface area contributed by atoms with Crippen molar-refractivity contribution >= 4 is 5.97 Å². The number of ether oxygens (including phenoxy) is 1. The van der Waals surface area contributed by atoms with E-state index in [-0.39, 0.29) is 17.8 Å². The fourth-order valence-corrected chi connectivity index (χ4v) is 4.23. The molecule has 1 aromatic rings. The minimum Gasteiger partial charge on any atom is -0.497 e. The van der Waals surface area contributed by atoms with E-state index in [1.54, 1.807) is 7.11 Å². The van der Waals surface area contributed by atoms with Crippen LogP contribution >= 0.6 is 0 Å². The number of carbonyl (C=O) groups is 1. The highest BCUT2D eigenvalue weighted by Gasteiger charge is 2.43. The number of hydrogen-bond donors (Lipinski definition) is 1. The van der Waals surface area contributed by atoms with E-state index >= 15 is 0 Å². The first-order valence-electron chi connectivity index (χ1n) is 7.86. The first-order chi connectivity index (χ1) is 9.99. The van der Waals surface area contributed by atoms with E-state index in [4.69, 9.17) is 4.74 Å². The lowest BCUT2D eigenvalue weighted by molar-refractivity contribution is -0.148. The Balaban J connectivity index is 2.28. The quantitative estimate of drug-likeness (QED) is 0.904. The number of aliphatic carboxylic acids is 1. The second kappa shape index (κ2) is 6.50. The van der Waals surface area contributed by atoms with Gasteiger partial charge >= 0.3 is 5.97 Å². The second-order valence-corrected chi connectivity index (χ2v) is 6.39. The SMILES string of the molecule is CC[C@H]1[C@H](C)[C@H](C(=O)O)[C@@H](C)C[C@H]1c1ccc(OC)cc1. The normalized spacial score (nSPS) is 32.7. The Kier molecular flexibility index (Phi) is 4.92. The van der Waals surface area contributed by atoms with Crippen molar-refractivity contribution in [2.75, 3.05) is 7.11 Å². The molecule has 0 spiro atoms. The summed E-state index contributed by atoms with van der Waals surface area (Å²) in [6.07, 6.45) is 1.97. The fourth-order valence-electron chi connectivity index (χ4n) is 4.23. The van der Waals surface area contributed by atoms with E-state index in [1.807, 2.05) is 12.1 Å². The molecule has 1 fully saturated rings. The van der Waals surface area contributed by atoms with E-state index in [0.717, 1.165) is 18.6 Å². The lowest BCUT2D eigenvalue weighted by Crippen LogP contribution is -2.40. The second-order valence-electron chi connectivity index (χ2n) is 6.39. The molecule has 0 aromatic heterocycles. The summed E-state index contributed by atoms with van der Waals surface area (Å²) in [6.45, 7) is 6.36. The molecule has 0 amide bonds. The maximum atomic E-state index is 11.5. The third kappa shape index (κ3) is 3.07. The molecule has 21 heavy (non-hydrogen) atoms. The molecule has 2 rings (SSSR count). The molecule has 1 aliphatic rings. The topological polar surface area (TPSA) is 46.5 Å². The van der Waals surface area contributed by atoms with Gasteiger partial charge in [0.15, 0.2) is 0 Å². The highest BCUT2D eigenvalue weighted by Crippen LogP contribution is 2.48. The molecule has 1 aromatic carbocycles. The van der Waals surface area contributed by atoms with Crippen LogP contribution in [-0.4, -0.2) is 18.2 Å². The largest absolute Gasteiger partial charge is 0.497 e. The Morgan fingerprint density at radius 1 is 1.29 bits per heavy atom. The van der Waals surface area contributed by atoms with Crippen LogP contribution in [0.25, 0.3) is 0 Å². The number of hydrogen-bond acceptors (Lipinski definition) is 2. The lowest BCUT2D eigenvalue weighted by Gasteiger charge is -2.43. The van der Waals surface area contributed by atoms with Crippen LogP contribution in [0.1, 0.15) is 45.1 Å². The minimum absolute atomic E-state index is 0.211. The van der Waals surface area contributed by atoms with Crippen molar-refractivity contribution in [3.8, 4) is 5.75 Å². The number of methoxy groups -OCH3 is 1. The Bertz CT molecular complexity index is 480. The summed E-state index contributed by atoms with van der Waals surface area (Å²) in [4.78, 5) is 11.5. The third-order valence-electron chi connectivity index (χ3n) is 5.30. The minimum atomic E-state index is -0.637. The van der Waals surface area contributed by atoms with Crippen LogP contribution in [0.4, 0.5) is 0 Å². The summed E-state index contributed by atoms with van der Waals surface area (Å²) in [6, 6.07) is 8.26. The van der Waals surface area contributed by atoms with Crippen LogP contribution in [-0.2, 0) is 4.79 Å². The highest BCUT2D eigenvalue weighted by atomic mass is 16.5. The fraction of sp³-hybridized carbons (Fsp3) is 0.611. The van der Waals surface area contributed by atoms with Gasteiger partial charge in [0.1, 0.15) is 5.75 Å². The molecule has 3 heteroatoms. The summed E-state index contributed by atoms with van der Waals surface area (Å²) in [5.41, 5.74) is 1.31. The molecular weight excluding hydrogens is 264 g/mol. The molecule has 0 aliphatic heterocycles. The smallest absolute Gasteiger partial charge is 0.307 e. The molecule has 5 atom stereocenters. The molecule has 0 saturated heterocycles. The molecule has 0 bridgehead atoms. The average molecular weight is 290 g/mol. The molecule has 0 radical (unpaired) electrons. The number of carboxylic acids is 1. The number of carboxylic acid groups (broad SMARTS) is 1. The van der Waals surface area contributed by atoms with Gasteiger partial charge in [0.25, 0.3) is 0 Å². The maximum Gasteiger partial charge on any atom is 0.307 e. The predicted molar refractivity (Wildman–Crippen MR) is 83.6 cm³/mol. The summed E-state index contributed by atoms with van der Waals surface area (Å²) >= 11 is 0. The van der Waals surface area contributed by atoms with Crippen molar-refractivity contribution in [2.24, 2.45) is 23.7 Å². The van der Waals surface area contributed by atoms with Crippen LogP contribution in [0.2, 0.25) is 0 Å². The summed E-state index contributed by atoms with van der Waals surface area (Å²) in [5.74, 6) is 1.31. The number of rotatable bonds is 4. The molecule has 116 valence electrons. The van der Waals surface area contributed by atoms with Crippen molar-refractivity contribution in [3.63, 3.8) is 0 Å². The van der Waals surface area contributed by atoms with Gasteiger partial charge in [0, 0.05) is 0 Å². The average Bonchev–Trinajstić information content (AvgIpc) is 2.46.